The molecule has 0 radical (unpaired) electrons. The van der Waals surface area contributed by atoms with Crippen LogP contribution in [0.25, 0.3) is 12.2 Å². The van der Waals surface area contributed by atoms with Gasteiger partial charge in [0, 0.05) is 21.2 Å². The zero-order valence-electron chi connectivity index (χ0n) is 15.7. The fourth-order valence-electron chi connectivity index (χ4n) is 3.31. The zero-order chi connectivity index (χ0) is 19.6. The molecule has 1 heterocycles. The van der Waals surface area contributed by atoms with Crippen LogP contribution in [-0.2, 0) is 4.74 Å². The molecule has 1 unspecified atom stereocenters. The van der Waals surface area contributed by atoms with Gasteiger partial charge in [-0.05, 0) is 45.1 Å². The van der Waals surface area contributed by atoms with Crippen molar-refractivity contribution in [1.82, 2.24) is 9.88 Å². The lowest BCUT2D eigenvalue weighted by molar-refractivity contribution is 0.102. The summed E-state index contributed by atoms with van der Waals surface area (Å²) in [5.41, 5.74) is 2.74. The molecule has 6 heteroatoms. The third kappa shape index (κ3) is 3.94. The Morgan fingerprint density at radius 2 is 2.11 bits per heavy atom. The Bertz CT molecular complexity index is 991. The van der Waals surface area contributed by atoms with E-state index >= 15 is 0 Å². The number of aromatic amines is 1. The quantitative estimate of drug-likeness (QED) is 0.800. The maximum atomic E-state index is 12.0. The summed E-state index contributed by atoms with van der Waals surface area (Å²) >= 11 is 6.49. The number of carbonyl (C=O) groups excluding carboxylic acids is 1. The van der Waals surface area contributed by atoms with Crippen LogP contribution in [0.2, 0.25) is 5.02 Å². The molecule has 1 aliphatic carbocycles. The summed E-state index contributed by atoms with van der Waals surface area (Å²) in [6, 6.07) is 7.44. The van der Waals surface area contributed by atoms with Crippen molar-refractivity contribution in [1.29, 1.82) is 0 Å². The normalized spacial score (nSPS) is 14.2. The highest BCUT2D eigenvalue weighted by molar-refractivity contribution is 6.31. The van der Waals surface area contributed by atoms with Crippen molar-refractivity contribution in [2.75, 3.05) is 20.7 Å². The Morgan fingerprint density at radius 3 is 2.78 bits per heavy atom. The molecular formula is C21H23ClN2O3. The minimum atomic E-state index is -0.743. The van der Waals surface area contributed by atoms with Crippen LogP contribution >= 0.6 is 11.6 Å². The van der Waals surface area contributed by atoms with E-state index in [2.05, 4.69) is 11.6 Å². The number of ether oxygens (including phenoxy) is 2. The summed E-state index contributed by atoms with van der Waals surface area (Å²) < 4.78 is 10.5. The molecule has 142 valence electrons. The van der Waals surface area contributed by atoms with Crippen molar-refractivity contribution < 1.29 is 14.3 Å². The first-order valence-electron chi connectivity index (χ1n) is 8.79. The fraction of sp³-hybridized carbons (Fsp3) is 0.286. The van der Waals surface area contributed by atoms with Gasteiger partial charge < -0.3 is 14.5 Å². The molecule has 0 spiro atoms. The van der Waals surface area contributed by atoms with Gasteiger partial charge in [0.05, 0.1) is 12.6 Å². The van der Waals surface area contributed by atoms with E-state index in [-0.39, 0.29) is 12.6 Å². The monoisotopic (exact) mass is 386 g/mol. The molecule has 1 aliphatic rings. The van der Waals surface area contributed by atoms with Gasteiger partial charge in [0.25, 0.3) is 0 Å². The van der Waals surface area contributed by atoms with Gasteiger partial charge in [-0.3, -0.25) is 4.90 Å². The van der Waals surface area contributed by atoms with Gasteiger partial charge in [0.1, 0.15) is 0 Å². The maximum absolute atomic E-state index is 12.0. The number of H-pyrrole nitrogens is 1. The molecule has 3 rings (SSSR count). The molecule has 1 aromatic heterocycles. The van der Waals surface area contributed by atoms with Crippen LogP contribution in [-0.4, -0.2) is 36.7 Å². The number of nitrogens with zero attached hydrogens (tertiary/aromatic N) is 1. The molecule has 1 aromatic carbocycles. The van der Waals surface area contributed by atoms with Crippen molar-refractivity contribution in [3.05, 3.63) is 63.1 Å². The van der Waals surface area contributed by atoms with Gasteiger partial charge in [-0.2, -0.15) is 0 Å². The number of carbonyl (C=O) groups is 1. The maximum Gasteiger partial charge on any atom is 0.515 e. The summed E-state index contributed by atoms with van der Waals surface area (Å²) in [6.07, 6.45) is 4.06. The Balaban J connectivity index is 2.24. The van der Waals surface area contributed by atoms with Crippen LogP contribution in [0.15, 0.2) is 36.4 Å². The summed E-state index contributed by atoms with van der Waals surface area (Å²) in [7, 11) is 3.92. The summed E-state index contributed by atoms with van der Waals surface area (Å²) in [5.74, 6) is 0.360. The van der Waals surface area contributed by atoms with E-state index in [0.29, 0.717) is 10.9 Å². The Kier molecular flexibility index (Phi) is 5.73. The molecule has 0 aliphatic heterocycles. The van der Waals surface area contributed by atoms with E-state index in [1.807, 2.05) is 55.4 Å². The van der Waals surface area contributed by atoms with E-state index in [0.717, 1.165) is 33.7 Å². The second-order valence-corrected chi connectivity index (χ2v) is 6.99. The Labute approximate surface area is 163 Å². The van der Waals surface area contributed by atoms with Crippen molar-refractivity contribution >= 4 is 29.9 Å². The van der Waals surface area contributed by atoms with Gasteiger partial charge in [-0.15, -0.1) is 0 Å². The molecule has 5 nitrogen and oxygen atoms in total. The molecule has 0 saturated carbocycles. The number of hydrogen-bond donors (Lipinski definition) is 1. The number of allylic oxidation sites excluding steroid dienone is 1. The van der Waals surface area contributed by atoms with Crippen molar-refractivity contribution in [2.45, 2.75) is 19.4 Å². The Hall–Kier alpha value is -2.50. The van der Waals surface area contributed by atoms with Crippen LogP contribution in [0.3, 0.4) is 0 Å². The lowest BCUT2D eigenvalue weighted by Crippen LogP contribution is -2.32. The van der Waals surface area contributed by atoms with Crippen molar-refractivity contribution in [2.24, 2.45) is 0 Å². The highest BCUT2D eigenvalue weighted by Crippen LogP contribution is 2.34. The molecule has 2 aromatic rings. The number of benzene rings is 1. The summed E-state index contributed by atoms with van der Waals surface area (Å²) in [5, 5.41) is 2.49. The van der Waals surface area contributed by atoms with Crippen LogP contribution in [0.1, 0.15) is 30.5 Å². The minimum Gasteiger partial charge on any atom is -0.434 e. The highest BCUT2D eigenvalue weighted by atomic mass is 35.5. The lowest BCUT2D eigenvalue weighted by atomic mass is 9.96. The van der Waals surface area contributed by atoms with Crippen molar-refractivity contribution in [3.63, 3.8) is 0 Å². The van der Waals surface area contributed by atoms with Gasteiger partial charge >= 0.3 is 6.16 Å². The van der Waals surface area contributed by atoms with Crippen LogP contribution in [0.5, 0.6) is 5.88 Å². The topological polar surface area (TPSA) is 54.6 Å². The third-order valence-corrected chi connectivity index (χ3v) is 4.77. The first kappa shape index (κ1) is 19.3. The number of hydrogen-bond acceptors (Lipinski definition) is 4. The van der Waals surface area contributed by atoms with Gasteiger partial charge in [-0.25, -0.2) is 4.79 Å². The SMILES string of the molecule is C=C1C=c2c(C(c3ccccc3Cl)N(C)C)c(OC(=O)OCC)[nH]c2=CC1. The standard InChI is InChI=1S/C21H23ClN2O3/c1-5-26-21(25)27-20-18(15-12-13(2)10-11-17(15)23-20)19(24(3)4)14-8-6-7-9-16(14)22/h6-9,11-12,19,23H,2,5,10H2,1,3-4H3. The molecule has 0 amide bonds. The first-order valence-corrected chi connectivity index (χ1v) is 9.17. The molecule has 0 bridgehead atoms. The minimum absolute atomic E-state index is 0.223. The number of rotatable bonds is 5. The fourth-order valence-corrected chi connectivity index (χ4v) is 3.55. The second kappa shape index (κ2) is 8.03. The average Bonchev–Trinajstić information content (AvgIpc) is 2.94. The predicted molar refractivity (Wildman–Crippen MR) is 107 cm³/mol. The van der Waals surface area contributed by atoms with Gasteiger partial charge in [0.15, 0.2) is 0 Å². The number of halogens is 1. The van der Waals surface area contributed by atoms with Crippen LogP contribution in [0.4, 0.5) is 4.79 Å². The number of nitrogens with one attached hydrogen (secondary N) is 1. The van der Waals surface area contributed by atoms with Crippen LogP contribution in [0, 0.1) is 0 Å². The molecule has 0 saturated heterocycles. The van der Waals surface area contributed by atoms with E-state index in [4.69, 9.17) is 21.1 Å². The van der Waals surface area contributed by atoms with Crippen LogP contribution < -0.4 is 15.3 Å². The first-order chi connectivity index (χ1) is 12.9. The lowest BCUT2D eigenvalue weighted by Gasteiger charge is -2.26. The second-order valence-electron chi connectivity index (χ2n) is 6.58. The number of aromatic nitrogens is 1. The van der Waals surface area contributed by atoms with E-state index in [9.17, 15) is 4.79 Å². The van der Waals surface area contributed by atoms with Crippen molar-refractivity contribution in [3.8, 4) is 5.88 Å². The Morgan fingerprint density at radius 1 is 1.37 bits per heavy atom. The van der Waals surface area contributed by atoms with E-state index < -0.39 is 6.16 Å². The zero-order valence-corrected chi connectivity index (χ0v) is 16.5. The molecule has 0 fully saturated rings. The average molecular weight is 387 g/mol. The molecular weight excluding hydrogens is 364 g/mol. The van der Waals surface area contributed by atoms with Gasteiger partial charge in [0.2, 0.25) is 5.88 Å². The summed E-state index contributed by atoms with van der Waals surface area (Å²) in [6.45, 7) is 6.05. The van der Waals surface area contributed by atoms with E-state index in [1.165, 1.54) is 0 Å². The molecule has 1 atom stereocenters. The third-order valence-electron chi connectivity index (χ3n) is 4.43. The van der Waals surface area contributed by atoms with E-state index in [1.54, 1.807) is 6.92 Å². The predicted octanol–water partition coefficient (Wildman–Crippen LogP) is 3.38. The highest BCUT2D eigenvalue weighted by Gasteiger charge is 2.28. The smallest absolute Gasteiger partial charge is 0.434 e. The largest absolute Gasteiger partial charge is 0.515 e. The summed E-state index contributed by atoms with van der Waals surface area (Å²) in [4.78, 5) is 17.2. The molecule has 27 heavy (non-hydrogen) atoms. The molecule has 1 N–H and O–H groups in total. The number of fused-ring (bicyclic) bond motifs is 1. The van der Waals surface area contributed by atoms with Gasteiger partial charge in [-0.1, -0.05) is 48.0 Å².